The normalized spacial score (nSPS) is 10.2. The van der Waals surface area contributed by atoms with Crippen molar-refractivity contribution in [2.45, 2.75) is 0 Å². The molecule has 2 aromatic rings. The molecule has 0 heterocycles. The number of nitro benzene ring substituents is 1. The fraction of sp³-hybridized carbons (Fsp3) is 0. The highest BCUT2D eigenvalue weighted by molar-refractivity contribution is 5.27. The predicted molar refractivity (Wildman–Crippen MR) is 56.9 cm³/mol. The Morgan fingerprint density at radius 2 is 1.76 bits per heavy atom. The molecule has 0 saturated heterocycles. The van der Waals surface area contributed by atoms with Gasteiger partial charge in [0.1, 0.15) is 5.82 Å². The molecule has 0 spiro atoms. The fourth-order valence-corrected chi connectivity index (χ4v) is 3.57. The number of non-ortho nitro benzene ring substituents is 1. The van der Waals surface area contributed by atoms with Crippen molar-refractivity contribution in [2.24, 2.45) is 0 Å². The van der Waals surface area contributed by atoms with E-state index in [1.807, 2.05) is 6.07 Å². The highest BCUT2D eigenvalue weighted by atomic mass is 127. The predicted octanol–water partition coefficient (Wildman–Crippen LogP) is -0.138. The van der Waals surface area contributed by atoms with Crippen molar-refractivity contribution >= 4 is 5.69 Å². The minimum atomic E-state index is -0.498. The second-order valence-corrected chi connectivity index (χ2v) is 6.30. The van der Waals surface area contributed by atoms with E-state index in [9.17, 15) is 14.5 Å². The summed E-state index contributed by atoms with van der Waals surface area (Å²) < 4.78 is 14.7. The van der Waals surface area contributed by atoms with Crippen LogP contribution in [0, 0.1) is 23.1 Å². The van der Waals surface area contributed by atoms with Gasteiger partial charge >= 0.3 is 21.2 Å². The summed E-state index contributed by atoms with van der Waals surface area (Å²) >= 11 is -0.498. The second kappa shape index (κ2) is 5.22. The van der Waals surface area contributed by atoms with Crippen LogP contribution in [-0.4, -0.2) is 4.92 Å². The van der Waals surface area contributed by atoms with Crippen LogP contribution in [0.5, 0.6) is 0 Å². The first-order chi connectivity index (χ1) is 8.15. The van der Waals surface area contributed by atoms with Crippen LogP contribution in [0.3, 0.4) is 0 Å². The van der Waals surface area contributed by atoms with Gasteiger partial charge in [-0.05, 0) is 30.3 Å². The Labute approximate surface area is 108 Å². The van der Waals surface area contributed by atoms with Gasteiger partial charge in [0.2, 0.25) is 3.57 Å². The molecule has 0 saturated carbocycles. The second-order valence-electron chi connectivity index (χ2n) is 3.27. The van der Waals surface area contributed by atoms with Gasteiger partial charge in [-0.15, -0.1) is 0 Å². The zero-order chi connectivity index (χ0) is 12.3. The number of benzene rings is 2. The molecule has 0 aliphatic heterocycles. The third-order valence-corrected chi connectivity index (χ3v) is 4.68. The molecule has 0 N–H and O–H groups in total. The Hall–Kier alpha value is -1.50. The molecule has 5 heteroatoms. The topological polar surface area (TPSA) is 43.1 Å². The van der Waals surface area contributed by atoms with Gasteiger partial charge in [-0.25, -0.2) is 4.39 Å². The van der Waals surface area contributed by atoms with Gasteiger partial charge in [-0.1, -0.05) is 6.07 Å². The molecule has 0 radical (unpaired) electrons. The van der Waals surface area contributed by atoms with Gasteiger partial charge in [0.25, 0.3) is 5.69 Å². The summed E-state index contributed by atoms with van der Waals surface area (Å²) in [5.74, 6) is -0.267. The van der Waals surface area contributed by atoms with Crippen LogP contribution in [-0.2, 0) is 0 Å². The van der Waals surface area contributed by atoms with Crippen LogP contribution >= 0.6 is 0 Å². The Kier molecular flexibility index (Phi) is 3.68. The summed E-state index contributed by atoms with van der Waals surface area (Å²) in [4.78, 5) is 10.2. The Morgan fingerprint density at radius 1 is 1.06 bits per heavy atom. The average Bonchev–Trinajstić information content (AvgIpc) is 2.32. The van der Waals surface area contributed by atoms with E-state index in [4.69, 9.17) is 0 Å². The minimum absolute atomic E-state index is 0.101. The molecule has 0 fully saturated rings. The van der Waals surface area contributed by atoms with Gasteiger partial charge < -0.3 is 0 Å². The lowest BCUT2D eigenvalue weighted by Crippen LogP contribution is -3.61. The Bertz CT molecular complexity index is 542. The lowest BCUT2D eigenvalue weighted by atomic mass is 10.3. The summed E-state index contributed by atoms with van der Waals surface area (Å²) in [6.07, 6.45) is 0. The molecule has 17 heavy (non-hydrogen) atoms. The van der Waals surface area contributed by atoms with Crippen molar-refractivity contribution in [1.29, 1.82) is 0 Å². The monoisotopic (exact) mass is 344 g/mol. The van der Waals surface area contributed by atoms with Crippen LogP contribution < -0.4 is 21.2 Å². The van der Waals surface area contributed by atoms with Crippen molar-refractivity contribution in [3.63, 3.8) is 0 Å². The quantitative estimate of drug-likeness (QED) is 0.442. The largest absolute Gasteiger partial charge is 0.358 e. The molecule has 0 bridgehead atoms. The number of nitro groups is 1. The molecule has 2 rings (SSSR count). The summed E-state index contributed by atoms with van der Waals surface area (Å²) in [6.45, 7) is 0. The number of nitrogens with zero attached hydrogens (tertiary/aromatic N) is 1. The zero-order valence-corrected chi connectivity index (χ0v) is 10.8. The van der Waals surface area contributed by atoms with Crippen LogP contribution in [0.2, 0.25) is 0 Å². The lowest BCUT2D eigenvalue weighted by Gasteiger charge is -1.90. The summed E-state index contributed by atoms with van der Waals surface area (Å²) in [6, 6.07) is 12.9. The molecule has 0 aliphatic carbocycles. The van der Waals surface area contributed by atoms with Gasteiger partial charge in [-0.2, -0.15) is 0 Å². The molecule has 0 amide bonds. The molecule has 0 aromatic heterocycles. The van der Waals surface area contributed by atoms with E-state index in [1.54, 1.807) is 24.3 Å². The van der Waals surface area contributed by atoms with Crippen LogP contribution in [0.1, 0.15) is 0 Å². The first-order valence-corrected chi connectivity index (χ1v) is 6.96. The highest BCUT2D eigenvalue weighted by Gasteiger charge is 2.18. The third-order valence-electron chi connectivity index (χ3n) is 2.04. The van der Waals surface area contributed by atoms with E-state index in [0.717, 1.165) is 7.14 Å². The van der Waals surface area contributed by atoms with E-state index < -0.39 is 26.1 Å². The van der Waals surface area contributed by atoms with E-state index in [0.29, 0.717) is 0 Å². The van der Waals surface area contributed by atoms with E-state index in [2.05, 4.69) is 0 Å². The highest BCUT2D eigenvalue weighted by Crippen LogP contribution is 2.07. The fourth-order valence-electron chi connectivity index (χ4n) is 1.27. The molecule has 3 nitrogen and oxygen atoms in total. The summed E-state index contributed by atoms with van der Waals surface area (Å²) in [5.41, 5.74) is 0.101. The van der Waals surface area contributed by atoms with Crippen molar-refractivity contribution in [2.75, 3.05) is 0 Å². The maximum atomic E-state index is 12.7. The van der Waals surface area contributed by atoms with Crippen molar-refractivity contribution in [3.05, 3.63) is 71.6 Å². The van der Waals surface area contributed by atoms with E-state index >= 15 is 0 Å². The average molecular weight is 344 g/mol. The number of hydrogen-bond donors (Lipinski definition) is 0. The van der Waals surface area contributed by atoms with Crippen LogP contribution in [0.25, 0.3) is 0 Å². The standard InChI is InChI=1S/C12H8FINO2/c13-9-4-6-10(7-5-9)14-11-2-1-3-12(8-11)15(16)17/h1-8H/q+1. The first kappa shape index (κ1) is 12.0. The third kappa shape index (κ3) is 3.23. The molecule has 0 unspecified atom stereocenters. The number of hydrogen-bond acceptors (Lipinski definition) is 2. The maximum Gasteiger partial charge on any atom is 0.358 e. The molecule has 86 valence electrons. The zero-order valence-electron chi connectivity index (χ0n) is 8.64. The molecule has 0 aliphatic rings. The Balaban J connectivity index is 2.21. The maximum absolute atomic E-state index is 12.7. The number of rotatable bonds is 3. The van der Waals surface area contributed by atoms with Gasteiger partial charge in [0.05, 0.1) is 11.0 Å². The van der Waals surface area contributed by atoms with E-state index in [1.165, 1.54) is 18.2 Å². The van der Waals surface area contributed by atoms with Crippen LogP contribution in [0.15, 0.2) is 48.5 Å². The molecular weight excluding hydrogens is 336 g/mol. The lowest BCUT2D eigenvalue weighted by molar-refractivity contribution is -0.597. The van der Waals surface area contributed by atoms with E-state index in [-0.39, 0.29) is 11.5 Å². The molecule has 0 atom stereocenters. The smallest absolute Gasteiger partial charge is 0.258 e. The summed E-state index contributed by atoms with van der Waals surface area (Å²) in [7, 11) is 0. The van der Waals surface area contributed by atoms with Crippen molar-refractivity contribution in [3.8, 4) is 0 Å². The van der Waals surface area contributed by atoms with Gasteiger partial charge in [0, 0.05) is 6.07 Å². The van der Waals surface area contributed by atoms with Crippen molar-refractivity contribution < 1.29 is 30.5 Å². The SMILES string of the molecule is O=[N+]([O-])c1cccc([I+]c2ccc(F)cc2)c1. The van der Waals surface area contributed by atoms with Gasteiger partial charge in [0.15, 0.2) is 3.57 Å². The van der Waals surface area contributed by atoms with Gasteiger partial charge in [-0.3, -0.25) is 10.1 Å². The molecule has 2 aromatic carbocycles. The first-order valence-electron chi connectivity index (χ1n) is 4.80. The van der Waals surface area contributed by atoms with Crippen LogP contribution in [0.4, 0.5) is 10.1 Å². The Morgan fingerprint density at radius 3 is 2.41 bits per heavy atom. The summed E-state index contributed by atoms with van der Waals surface area (Å²) in [5, 5.41) is 10.6. The number of halogens is 2. The molecular formula is C12H8FINO2+. The van der Waals surface area contributed by atoms with Crippen molar-refractivity contribution in [1.82, 2.24) is 0 Å². The minimum Gasteiger partial charge on any atom is -0.258 e.